The third-order valence-corrected chi connectivity index (χ3v) is 5.95. The predicted molar refractivity (Wildman–Crippen MR) is 105 cm³/mol. The van der Waals surface area contributed by atoms with Gasteiger partial charge in [0.15, 0.2) is 0 Å². The fourth-order valence-corrected chi connectivity index (χ4v) is 4.19. The average Bonchev–Trinajstić information content (AvgIpc) is 2.98. The second-order valence-electron chi connectivity index (χ2n) is 8.45. The van der Waals surface area contributed by atoms with Crippen molar-refractivity contribution in [1.29, 1.82) is 0 Å². The van der Waals surface area contributed by atoms with E-state index in [0.717, 1.165) is 0 Å². The van der Waals surface area contributed by atoms with Gasteiger partial charge in [0.1, 0.15) is 0 Å². The molecular weight excluding hydrogens is 358 g/mol. The summed E-state index contributed by atoms with van der Waals surface area (Å²) in [6, 6.07) is 0. The van der Waals surface area contributed by atoms with Crippen LogP contribution < -0.4 is 17.0 Å². The molecule has 0 aromatic rings. The summed E-state index contributed by atoms with van der Waals surface area (Å²) in [6.45, 7) is 6.63. The fourth-order valence-electron chi connectivity index (χ4n) is 4.19. The molecule has 1 fully saturated rings. The molecule has 1 aliphatic heterocycles. The topological polar surface area (TPSA) is 0 Å². The first-order chi connectivity index (χ1) is 11.3. The van der Waals surface area contributed by atoms with Crippen molar-refractivity contribution in [2.45, 2.75) is 116 Å². The minimum atomic E-state index is 0. The maximum absolute atomic E-state index is 2.47. The molecule has 0 spiro atoms. The van der Waals surface area contributed by atoms with Crippen molar-refractivity contribution < 1.29 is 21.5 Å². The van der Waals surface area contributed by atoms with E-state index in [1.54, 1.807) is 0 Å². The highest BCUT2D eigenvalue weighted by molar-refractivity contribution is 4.53. The lowest BCUT2D eigenvalue weighted by Crippen LogP contribution is -3.00. The lowest BCUT2D eigenvalue weighted by Gasteiger charge is -2.29. The Labute approximate surface area is 164 Å². The minimum absolute atomic E-state index is 0. The SMILES string of the molecule is CCCCCCCCCCCCCCCCC[N+]1(C)CCCC1.[Br-]. The van der Waals surface area contributed by atoms with E-state index in [4.69, 9.17) is 0 Å². The van der Waals surface area contributed by atoms with Gasteiger partial charge in [-0.15, -0.1) is 0 Å². The number of likely N-dealkylation sites (tertiary alicyclic amines) is 1. The molecule has 1 nitrogen and oxygen atoms in total. The Morgan fingerprint density at radius 3 is 1.25 bits per heavy atom. The number of unbranched alkanes of at least 4 members (excludes halogenated alkanes) is 14. The van der Waals surface area contributed by atoms with Gasteiger partial charge in [-0.05, 0) is 12.8 Å². The standard InChI is InChI=1S/C22H46N.BrH/c1-3-4-5-6-7-8-9-10-11-12-13-14-15-16-17-20-23(2)21-18-19-22-23;/h3-22H2,1-2H3;1H/q+1;/p-1. The normalized spacial score (nSPS) is 16.2. The summed E-state index contributed by atoms with van der Waals surface area (Å²) in [5, 5.41) is 0. The zero-order chi connectivity index (χ0) is 16.6. The van der Waals surface area contributed by atoms with Gasteiger partial charge < -0.3 is 21.5 Å². The van der Waals surface area contributed by atoms with E-state index >= 15 is 0 Å². The Morgan fingerprint density at radius 1 is 0.542 bits per heavy atom. The maximum atomic E-state index is 2.47. The van der Waals surface area contributed by atoms with Crippen molar-refractivity contribution >= 4 is 0 Å². The zero-order valence-electron chi connectivity index (χ0n) is 17.0. The van der Waals surface area contributed by atoms with Crippen LogP contribution in [0.15, 0.2) is 0 Å². The van der Waals surface area contributed by atoms with Crippen molar-refractivity contribution in [3.63, 3.8) is 0 Å². The quantitative estimate of drug-likeness (QED) is 0.268. The lowest BCUT2D eigenvalue weighted by molar-refractivity contribution is -0.897. The predicted octanol–water partition coefficient (Wildman–Crippen LogP) is 4.10. The first-order valence-corrected chi connectivity index (χ1v) is 11.1. The minimum Gasteiger partial charge on any atom is -1.00 e. The third kappa shape index (κ3) is 13.7. The molecule has 1 heterocycles. The molecule has 24 heavy (non-hydrogen) atoms. The Kier molecular flexibility index (Phi) is 17.2. The monoisotopic (exact) mass is 403 g/mol. The highest BCUT2D eigenvalue weighted by Gasteiger charge is 2.25. The number of nitrogens with zero attached hydrogens (tertiary/aromatic N) is 1. The molecule has 2 heteroatoms. The van der Waals surface area contributed by atoms with Gasteiger partial charge in [0.25, 0.3) is 0 Å². The molecule has 1 saturated heterocycles. The van der Waals surface area contributed by atoms with Crippen molar-refractivity contribution in [2.75, 3.05) is 26.7 Å². The maximum Gasteiger partial charge on any atom is 0.0786 e. The summed E-state index contributed by atoms with van der Waals surface area (Å²) in [6.07, 6.45) is 25.0. The van der Waals surface area contributed by atoms with Crippen LogP contribution in [0.2, 0.25) is 0 Å². The summed E-state index contributed by atoms with van der Waals surface area (Å²) >= 11 is 0. The molecule has 0 aliphatic carbocycles. The van der Waals surface area contributed by atoms with Crippen molar-refractivity contribution in [3.8, 4) is 0 Å². The van der Waals surface area contributed by atoms with E-state index in [-0.39, 0.29) is 17.0 Å². The smallest absolute Gasteiger partial charge is 0.0786 e. The summed E-state index contributed by atoms with van der Waals surface area (Å²) < 4.78 is 1.37. The molecule has 0 unspecified atom stereocenters. The number of hydrogen-bond donors (Lipinski definition) is 0. The van der Waals surface area contributed by atoms with Crippen LogP contribution in [0.3, 0.4) is 0 Å². The van der Waals surface area contributed by atoms with E-state index in [9.17, 15) is 0 Å². The van der Waals surface area contributed by atoms with Gasteiger partial charge >= 0.3 is 0 Å². The van der Waals surface area contributed by atoms with Crippen LogP contribution in [0, 0.1) is 0 Å². The molecule has 0 aromatic carbocycles. The largest absolute Gasteiger partial charge is 1.00 e. The zero-order valence-corrected chi connectivity index (χ0v) is 18.6. The van der Waals surface area contributed by atoms with Crippen LogP contribution in [0.1, 0.15) is 116 Å². The van der Waals surface area contributed by atoms with Crippen molar-refractivity contribution in [3.05, 3.63) is 0 Å². The van der Waals surface area contributed by atoms with Crippen LogP contribution in [-0.4, -0.2) is 31.2 Å². The first kappa shape index (κ1) is 24.4. The second-order valence-corrected chi connectivity index (χ2v) is 8.45. The van der Waals surface area contributed by atoms with E-state index in [0.29, 0.717) is 0 Å². The van der Waals surface area contributed by atoms with E-state index in [1.807, 2.05) is 0 Å². The molecule has 1 rings (SSSR count). The molecular formula is C22H46BrN. The van der Waals surface area contributed by atoms with Crippen molar-refractivity contribution in [2.24, 2.45) is 0 Å². The number of hydrogen-bond acceptors (Lipinski definition) is 0. The lowest BCUT2D eigenvalue weighted by atomic mass is 10.0. The van der Waals surface area contributed by atoms with Crippen molar-refractivity contribution in [1.82, 2.24) is 0 Å². The molecule has 0 N–H and O–H groups in total. The van der Waals surface area contributed by atoms with Crippen LogP contribution in [-0.2, 0) is 0 Å². The van der Waals surface area contributed by atoms with Crippen LogP contribution >= 0.6 is 0 Å². The van der Waals surface area contributed by atoms with E-state index in [1.165, 1.54) is 133 Å². The summed E-state index contributed by atoms with van der Waals surface area (Å²) in [7, 11) is 2.47. The van der Waals surface area contributed by atoms with Gasteiger partial charge in [-0.25, -0.2) is 0 Å². The van der Waals surface area contributed by atoms with Gasteiger partial charge in [-0.3, -0.25) is 0 Å². The number of halogens is 1. The fraction of sp³-hybridized carbons (Fsp3) is 1.00. The van der Waals surface area contributed by atoms with Crippen LogP contribution in [0.25, 0.3) is 0 Å². The molecule has 0 amide bonds. The molecule has 1 aliphatic rings. The van der Waals surface area contributed by atoms with Gasteiger partial charge in [0.2, 0.25) is 0 Å². The summed E-state index contributed by atoms with van der Waals surface area (Å²) in [5.41, 5.74) is 0. The molecule has 0 bridgehead atoms. The highest BCUT2D eigenvalue weighted by atomic mass is 79.9. The average molecular weight is 405 g/mol. The second kappa shape index (κ2) is 16.9. The Bertz CT molecular complexity index is 248. The van der Waals surface area contributed by atoms with Gasteiger partial charge in [0.05, 0.1) is 26.7 Å². The van der Waals surface area contributed by atoms with Gasteiger partial charge in [0, 0.05) is 12.8 Å². The van der Waals surface area contributed by atoms with E-state index in [2.05, 4.69) is 14.0 Å². The Morgan fingerprint density at radius 2 is 0.875 bits per heavy atom. The molecule has 146 valence electrons. The molecule has 0 radical (unpaired) electrons. The first-order valence-electron chi connectivity index (χ1n) is 11.1. The molecule has 0 aromatic heterocycles. The molecule has 0 saturated carbocycles. The highest BCUT2D eigenvalue weighted by Crippen LogP contribution is 2.18. The Hall–Kier alpha value is 0.440. The molecule has 0 atom stereocenters. The summed E-state index contributed by atoms with van der Waals surface area (Å²) in [4.78, 5) is 0. The van der Waals surface area contributed by atoms with Gasteiger partial charge in [-0.2, -0.15) is 0 Å². The Balaban J connectivity index is 0.00000529. The van der Waals surface area contributed by atoms with Crippen LogP contribution in [0.5, 0.6) is 0 Å². The summed E-state index contributed by atoms with van der Waals surface area (Å²) in [5.74, 6) is 0. The van der Waals surface area contributed by atoms with Gasteiger partial charge in [-0.1, -0.05) is 90.4 Å². The van der Waals surface area contributed by atoms with E-state index < -0.39 is 0 Å². The number of quaternary nitrogens is 1. The third-order valence-electron chi connectivity index (χ3n) is 5.95. The number of rotatable bonds is 16. The van der Waals surface area contributed by atoms with Crippen LogP contribution in [0.4, 0.5) is 0 Å².